The summed E-state index contributed by atoms with van der Waals surface area (Å²) in [5.41, 5.74) is 1.22. The third kappa shape index (κ3) is 19.4. The summed E-state index contributed by atoms with van der Waals surface area (Å²) < 4.78 is 52.8. The third-order valence-electron chi connectivity index (χ3n) is 17.2. The van der Waals surface area contributed by atoms with Crippen LogP contribution in [0.1, 0.15) is 125 Å². The van der Waals surface area contributed by atoms with Gasteiger partial charge in [-0.25, -0.2) is 9.59 Å². The van der Waals surface area contributed by atoms with Crippen molar-refractivity contribution >= 4 is 35.3 Å². The molecule has 14 atom stereocenters. The largest absolute Gasteiger partial charge is 0.460 e. The number of nitrogens with one attached hydrogen (secondary N) is 1. The molecule has 0 unspecified atom stereocenters. The average Bonchev–Trinajstić information content (AvgIpc) is 3.54. The summed E-state index contributed by atoms with van der Waals surface area (Å²) >= 11 is 0. The van der Waals surface area contributed by atoms with E-state index >= 15 is 0 Å². The molecule has 2 bridgehead atoms. The number of alkyl carbamates (subject to hydrolysis) is 1. The molecule has 0 aromatic rings. The van der Waals surface area contributed by atoms with Gasteiger partial charge in [0.2, 0.25) is 5.79 Å². The Bertz CT molecular complexity index is 2190. The van der Waals surface area contributed by atoms with Crippen LogP contribution < -0.4 is 5.32 Å². The molecule has 0 radical (unpaired) electrons. The predicted molar refractivity (Wildman–Crippen MR) is 300 cm³/mol. The van der Waals surface area contributed by atoms with Gasteiger partial charge in [0, 0.05) is 77.5 Å². The number of aliphatic hydroxyl groups excluding tert-OH is 1. The van der Waals surface area contributed by atoms with Gasteiger partial charge in [-0.1, -0.05) is 64.2 Å². The van der Waals surface area contributed by atoms with Crippen molar-refractivity contribution in [2.75, 3.05) is 86.6 Å². The van der Waals surface area contributed by atoms with E-state index < -0.39 is 96.1 Å². The van der Waals surface area contributed by atoms with E-state index in [0.29, 0.717) is 109 Å². The Kier molecular flexibility index (Phi) is 26.6. The first-order valence-corrected chi connectivity index (χ1v) is 29.8. The van der Waals surface area contributed by atoms with Gasteiger partial charge in [0.1, 0.15) is 42.3 Å². The van der Waals surface area contributed by atoms with Gasteiger partial charge in [-0.3, -0.25) is 24.1 Å². The van der Waals surface area contributed by atoms with Crippen molar-refractivity contribution in [1.29, 1.82) is 0 Å². The van der Waals surface area contributed by atoms with Crippen LogP contribution in [0, 0.1) is 29.6 Å². The summed E-state index contributed by atoms with van der Waals surface area (Å²) in [6.45, 7) is 16.5. The maximum atomic E-state index is 14.6. The lowest BCUT2D eigenvalue weighted by molar-refractivity contribution is -0.266. The van der Waals surface area contributed by atoms with Crippen molar-refractivity contribution in [2.24, 2.45) is 29.6 Å². The number of aliphatic hydroxyl groups is 2. The quantitative estimate of drug-likeness (QED) is 0.0807. The molecule has 20 nitrogen and oxygen atoms in total. The maximum Gasteiger partial charge on any atom is 0.407 e. The first-order valence-electron chi connectivity index (χ1n) is 29.8. The second-order valence-electron chi connectivity index (χ2n) is 23.5. The number of methoxy groups -OCH3 is 2. The summed E-state index contributed by atoms with van der Waals surface area (Å²) in [5, 5.41) is 26.6. The van der Waals surface area contributed by atoms with Crippen LogP contribution in [0.2, 0.25) is 0 Å². The Morgan fingerprint density at radius 3 is 2.28 bits per heavy atom. The number of rotatable bonds is 14. The van der Waals surface area contributed by atoms with E-state index in [1.807, 2.05) is 51.2 Å². The van der Waals surface area contributed by atoms with Gasteiger partial charge in [-0.2, -0.15) is 0 Å². The monoisotopic (exact) mass is 1140 g/mol. The number of piperidine rings is 1. The highest BCUT2D eigenvalue weighted by Crippen LogP contribution is 2.38. The zero-order valence-electron chi connectivity index (χ0n) is 49.4. The van der Waals surface area contributed by atoms with E-state index in [0.717, 1.165) is 18.7 Å². The minimum absolute atomic E-state index is 0.00972. The number of ether oxygens (including phenoxy) is 9. The van der Waals surface area contributed by atoms with Gasteiger partial charge in [0.15, 0.2) is 5.78 Å². The highest BCUT2D eigenvalue weighted by molar-refractivity contribution is 6.39. The van der Waals surface area contributed by atoms with Gasteiger partial charge in [-0.05, 0) is 107 Å². The first-order chi connectivity index (χ1) is 38.8. The number of amides is 2. The van der Waals surface area contributed by atoms with Crippen molar-refractivity contribution < 1.29 is 81.6 Å². The molecule has 5 heterocycles. The fourth-order valence-corrected chi connectivity index (χ4v) is 11.9. The number of Topliss-reactive ketones (excluding diaryl/α,β-unsaturated/α-hetero) is 3. The second-order valence-corrected chi connectivity index (χ2v) is 23.5. The van der Waals surface area contributed by atoms with Crippen LogP contribution in [-0.4, -0.2) is 203 Å². The molecule has 456 valence electrons. The molecule has 0 aromatic carbocycles. The smallest absolute Gasteiger partial charge is 0.407 e. The lowest BCUT2D eigenvalue weighted by atomic mass is 9.81. The Hall–Kier alpha value is -4.22. The second kappa shape index (κ2) is 32.7. The van der Waals surface area contributed by atoms with Gasteiger partial charge in [0.25, 0.3) is 11.7 Å². The number of cyclic esters (lactones) is 1. The maximum absolute atomic E-state index is 14.6. The number of ketones is 3. The summed E-state index contributed by atoms with van der Waals surface area (Å²) in [6.07, 6.45) is 10.3. The molecule has 0 aromatic heterocycles. The number of hydrogen-bond acceptors (Lipinski definition) is 18. The van der Waals surface area contributed by atoms with Gasteiger partial charge in [-0.15, -0.1) is 0 Å². The highest BCUT2D eigenvalue weighted by atomic mass is 16.6. The van der Waals surface area contributed by atoms with Crippen LogP contribution >= 0.6 is 0 Å². The van der Waals surface area contributed by atoms with E-state index in [1.165, 1.54) is 12.0 Å². The highest BCUT2D eigenvalue weighted by Gasteiger charge is 2.53. The van der Waals surface area contributed by atoms with E-state index in [-0.39, 0.29) is 68.3 Å². The Morgan fingerprint density at radius 1 is 0.815 bits per heavy atom. The SMILES string of the molecule is CO[C@@H]1C[C@H](CC[C@@H]2CC(=O)[C@H](C)/C=C(\C)[C@@H](O)[C@@H](OC)C(=O)[C@H](C)C[C@H](C)/C=C/C=C/C=C(\C)[C@H](OCCOC3COC3)C[C@@H]3CC[C@@H](C)[C@@](O)(O3)C(=O)C(=O)N3CCCC[C@H]3C(=O)O2)CC[C@H]1OC(=O)NCCN1CCOCC1. The first kappa shape index (κ1) is 65.9. The molecule has 6 aliphatic rings. The van der Waals surface area contributed by atoms with E-state index in [4.69, 9.17) is 42.6 Å². The summed E-state index contributed by atoms with van der Waals surface area (Å²) in [4.78, 5) is 88.0. The van der Waals surface area contributed by atoms with E-state index in [1.54, 1.807) is 34.0 Å². The third-order valence-corrected chi connectivity index (χ3v) is 17.2. The van der Waals surface area contributed by atoms with E-state index in [9.17, 15) is 39.0 Å². The van der Waals surface area contributed by atoms with Crippen LogP contribution in [0.5, 0.6) is 0 Å². The van der Waals surface area contributed by atoms with Crippen LogP contribution in [0.15, 0.2) is 47.6 Å². The fraction of sp³-hybridized carbons (Fsp3) is 0.770. The van der Waals surface area contributed by atoms with Crippen molar-refractivity contribution in [3.63, 3.8) is 0 Å². The predicted octanol–water partition coefficient (Wildman–Crippen LogP) is 5.79. The Morgan fingerprint density at radius 2 is 1.57 bits per heavy atom. The molecule has 0 spiro atoms. The molecule has 81 heavy (non-hydrogen) atoms. The standard InChI is InChI=1S/C61H95N3O17/c1-39-14-10-9-11-15-40(2)52(78-31-30-77-48-37-76-38-48)36-47-20-17-44(6)61(72,81-47)57(68)58(69)64-24-13-12-16-49(64)59(70)79-46(35-50(65)41(3)33-43(5)55(67)56(74-8)54(66)42(4)32-39)21-18-45-19-22-51(53(34-45)73-7)80-60(71)62-23-25-63-26-28-75-29-27-63/h9-11,14-15,33,39,41-42,44-49,51-53,55-56,67,72H,12-13,16-32,34-38H2,1-8H3,(H,62,71)/b11-9+,14-10+,40-15+,43-33+/t39-,41-,42-,44-,45-,46-,47+,49+,51-,52-,53-,55-,56+,61-/m1/s1. The normalized spacial score (nSPS) is 36.7. The van der Waals surface area contributed by atoms with Crippen LogP contribution in [0.25, 0.3) is 0 Å². The van der Waals surface area contributed by atoms with Gasteiger partial charge in [0.05, 0.1) is 58.0 Å². The topological polar surface area (TPSA) is 244 Å². The molecular weight excluding hydrogens is 1050 g/mol. The van der Waals surface area contributed by atoms with Crippen LogP contribution in [-0.2, 0) is 66.6 Å². The summed E-state index contributed by atoms with van der Waals surface area (Å²) in [6, 6.07) is -1.18. The van der Waals surface area contributed by atoms with Crippen molar-refractivity contribution in [3.8, 4) is 0 Å². The van der Waals surface area contributed by atoms with Crippen molar-refractivity contribution in [2.45, 2.75) is 186 Å². The minimum atomic E-state index is -2.49. The van der Waals surface area contributed by atoms with Gasteiger partial charge >= 0.3 is 12.1 Å². The molecule has 5 aliphatic heterocycles. The molecule has 3 N–H and O–H groups in total. The number of carbonyl (C=O) groups is 6. The number of hydrogen-bond donors (Lipinski definition) is 3. The number of allylic oxidation sites excluding steroid dienone is 6. The zero-order valence-corrected chi connectivity index (χ0v) is 49.4. The molecule has 1 aliphatic carbocycles. The van der Waals surface area contributed by atoms with Crippen LogP contribution in [0.3, 0.4) is 0 Å². The molecular formula is C61H95N3O17. The molecule has 1 saturated carbocycles. The summed E-state index contributed by atoms with van der Waals surface area (Å²) in [5.74, 6) is -8.01. The molecule has 2 amide bonds. The Labute approximate surface area is 479 Å². The average molecular weight is 1140 g/mol. The lowest BCUT2D eigenvalue weighted by Crippen LogP contribution is -2.60. The zero-order chi connectivity index (χ0) is 58.6. The van der Waals surface area contributed by atoms with Crippen molar-refractivity contribution in [1.82, 2.24) is 15.1 Å². The lowest BCUT2D eigenvalue weighted by Gasteiger charge is -2.42. The van der Waals surface area contributed by atoms with Crippen LogP contribution in [0.4, 0.5) is 4.79 Å². The molecule has 5 fully saturated rings. The Balaban J connectivity index is 1.22. The fourth-order valence-electron chi connectivity index (χ4n) is 11.9. The number of morpholine rings is 1. The number of carbonyl (C=O) groups excluding carboxylic acids is 6. The minimum Gasteiger partial charge on any atom is -0.460 e. The number of fused-ring (bicyclic) bond motifs is 3. The molecule has 4 saturated heterocycles. The molecule has 6 rings (SSSR count). The molecule has 20 heteroatoms. The van der Waals surface area contributed by atoms with E-state index in [2.05, 4.69) is 10.2 Å². The van der Waals surface area contributed by atoms with Gasteiger partial charge < -0.3 is 63.1 Å². The van der Waals surface area contributed by atoms with Crippen molar-refractivity contribution in [3.05, 3.63) is 47.6 Å². The number of esters is 1. The summed E-state index contributed by atoms with van der Waals surface area (Å²) in [7, 11) is 2.95. The number of nitrogens with zero attached hydrogens (tertiary/aromatic N) is 2.